The summed E-state index contributed by atoms with van der Waals surface area (Å²) < 4.78 is 0. The van der Waals surface area contributed by atoms with Gasteiger partial charge in [0, 0.05) is 0 Å². The second-order valence-electron chi connectivity index (χ2n) is 4.36. The van der Waals surface area contributed by atoms with Crippen LogP contribution in [0.4, 0.5) is 0 Å². The number of amides is 2. The Balaban J connectivity index is 1.80. The molecule has 104 valence electrons. The van der Waals surface area contributed by atoms with Gasteiger partial charge in [-0.05, 0) is 23.9 Å². The monoisotopic (exact) mass is 288 g/mol. The first-order valence-electron chi connectivity index (χ1n) is 6.33. The first-order valence-corrected chi connectivity index (χ1v) is 7.21. The average Bonchev–Trinajstić information content (AvgIpc) is 3.00. The molecule has 20 heavy (non-hydrogen) atoms. The first kappa shape index (κ1) is 14.3. The molecule has 2 amide bonds. The van der Waals surface area contributed by atoms with Crippen LogP contribution in [0.15, 0.2) is 47.8 Å². The molecular weight excluding hydrogens is 272 g/mol. The van der Waals surface area contributed by atoms with Gasteiger partial charge in [-0.1, -0.05) is 36.4 Å². The zero-order valence-corrected chi connectivity index (χ0v) is 11.9. The minimum absolute atomic E-state index is 0.0199. The van der Waals surface area contributed by atoms with Crippen molar-refractivity contribution in [2.45, 2.75) is 13.0 Å². The highest BCUT2D eigenvalue weighted by atomic mass is 32.1. The van der Waals surface area contributed by atoms with E-state index in [0.29, 0.717) is 4.88 Å². The van der Waals surface area contributed by atoms with E-state index in [9.17, 15) is 9.59 Å². The lowest BCUT2D eigenvalue weighted by Crippen LogP contribution is -2.37. The van der Waals surface area contributed by atoms with Crippen molar-refractivity contribution in [2.75, 3.05) is 6.54 Å². The maximum atomic E-state index is 11.8. The molecule has 2 rings (SSSR count). The van der Waals surface area contributed by atoms with Gasteiger partial charge >= 0.3 is 0 Å². The van der Waals surface area contributed by atoms with E-state index in [-0.39, 0.29) is 24.4 Å². The maximum Gasteiger partial charge on any atom is 0.261 e. The number of nitrogens with one attached hydrogen (secondary N) is 2. The van der Waals surface area contributed by atoms with Gasteiger partial charge in [0.15, 0.2) is 0 Å². The second kappa shape index (κ2) is 6.86. The summed E-state index contributed by atoms with van der Waals surface area (Å²) in [6.07, 6.45) is 0. The predicted octanol–water partition coefficient (Wildman–Crippen LogP) is 2.36. The van der Waals surface area contributed by atoms with E-state index in [2.05, 4.69) is 10.6 Å². The van der Waals surface area contributed by atoms with Gasteiger partial charge < -0.3 is 10.6 Å². The maximum absolute atomic E-state index is 11.8. The predicted molar refractivity (Wildman–Crippen MR) is 79.7 cm³/mol. The Labute approximate surface area is 121 Å². The van der Waals surface area contributed by atoms with Gasteiger partial charge in [0.2, 0.25) is 5.91 Å². The lowest BCUT2D eigenvalue weighted by atomic mass is 10.1. The molecule has 0 fully saturated rings. The average molecular weight is 288 g/mol. The molecule has 2 N–H and O–H groups in total. The highest BCUT2D eigenvalue weighted by molar-refractivity contribution is 7.12. The molecule has 4 nitrogen and oxygen atoms in total. The molecule has 1 heterocycles. The van der Waals surface area contributed by atoms with E-state index >= 15 is 0 Å². The van der Waals surface area contributed by atoms with Crippen LogP contribution in [0.1, 0.15) is 28.2 Å². The number of hydrogen-bond acceptors (Lipinski definition) is 3. The Morgan fingerprint density at radius 1 is 1.15 bits per heavy atom. The molecule has 5 heteroatoms. The molecule has 1 aromatic carbocycles. The number of thiophene rings is 1. The van der Waals surface area contributed by atoms with Gasteiger partial charge in [-0.2, -0.15) is 0 Å². The van der Waals surface area contributed by atoms with Crippen molar-refractivity contribution in [3.8, 4) is 0 Å². The fraction of sp³-hybridized carbons (Fsp3) is 0.200. The highest BCUT2D eigenvalue weighted by Crippen LogP contribution is 2.10. The van der Waals surface area contributed by atoms with Crippen LogP contribution in [-0.2, 0) is 4.79 Å². The molecule has 0 aliphatic rings. The van der Waals surface area contributed by atoms with Crippen molar-refractivity contribution in [1.29, 1.82) is 0 Å². The van der Waals surface area contributed by atoms with E-state index < -0.39 is 0 Å². The SMILES string of the molecule is C[C@H](NC(=O)CNC(=O)c1cccs1)c1ccccc1. The lowest BCUT2D eigenvalue weighted by Gasteiger charge is -2.14. The lowest BCUT2D eigenvalue weighted by molar-refractivity contribution is -0.120. The summed E-state index contributed by atoms with van der Waals surface area (Å²) in [5.41, 5.74) is 1.03. The molecule has 0 saturated carbocycles. The van der Waals surface area contributed by atoms with Gasteiger partial charge in [-0.3, -0.25) is 9.59 Å². The summed E-state index contributed by atoms with van der Waals surface area (Å²) in [5, 5.41) is 7.27. The second-order valence-corrected chi connectivity index (χ2v) is 5.31. The zero-order valence-electron chi connectivity index (χ0n) is 11.1. The molecule has 1 aromatic heterocycles. The Hall–Kier alpha value is -2.14. The normalized spacial score (nSPS) is 11.7. The summed E-state index contributed by atoms with van der Waals surface area (Å²) in [6, 6.07) is 13.1. The summed E-state index contributed by atoms with van der Waals surface area (Å²) in [7, 11) is 0. The molecule has 0 unspecified atom stereocenters. The minimum Gasteiger partial charge on any atom is -0.348 e. The summed E-state index contributed by atoms with van der Waals surface area (Å²) in [5.74, 6) is -0.422. The van der Waals surface area contributed by atoms with Crippen molar-refractivity contribution in [1.82, 2.24) is 10.6 Å². The van der Waals surface area contributed by atoms with E-state index in [0.717, 1.165) is 5.56 Å². The van der Waals surface area contributed by atoms with E-state index in [1.54, 1.807) is 12.1 Å². The first-order chi connectivity index (χ1) is 9.66. The van der Waals surface area contributed by atoms with Crippen LogP contribution in [0.2, 0.25) is 0 Å². The number of carbonyl (C=O) groups is 2. The van der Waals surface area contributed by atoms with Crippen molar-refractivity contribution >= 4 is 23.2 Å². The standard InChI is InChI=1S/C15H16N2O2S/c1-11(12-6-3-2-4-7-12)17-14(18)10-16-15(19)13-8-5-9-20-13/h2-9,11H,10H2,1H3,(H,16,19)(H,17,18)/t11-/m0/s1. The van der Waals surface area contributed by atoms with Crippen LogP contribution < -0.4 is 10.6 Å². The van der Waals surface area contributed by atoms with Crippen molar-refractivity contribution < 1.29 is 9.59 Å². The van der Waals surface area contributed by atoms with Crippen LogP contribution in [0.25, 0.3) is 0 Å². The topological polar surface area (TPSA) is 58.2 Å². The third-order valence-electron chi connectivity index (χ3n) is 2.83. The van der Waals surface area contributed by atoms with Gasteiger partial charge in [-0.15, -0.1) is 11.3 Å². The highest BCUT2D eigenvalue weighted by Gasteiger charge is 2.11. The van der Waals surface area contributed by atoms with Crippen LogP contribution >= 0.6 is 11.3 Å². The molecule has 0 saturated heterocycles. The van der Waals surface area contributed by atoms with Crippen LogP contribution in [0.3, 0.4) is 0 Å². The molecule has 0 aliphatic heterocycles. The quantitative estimate of drug-likeness (QED) is 0.887. The Kier molecular flexibility index (Phi) is 4.90. The smallest absolute Gasteiger partial charge is 0.261 e. The molecule has 0 radical (unpaired) electrons. The van der Waals surface area contributed by atoms with Crippen LogP contribution in [-0.4, -0.2) is 18.4 Å². The summed E-state index contributed by atoms with van der Waals surface area (Å²) >= 11 is 1.35. The summed E-state index contributed by atoms with van der Waals surface area (Å²) in [4.78, 5) is 24.1. The van der Waals surface area contributed by atoms with Crippen LogP contribution in [0.5, 0.6) is 0 Å². The van der Waals surface area contributed by atoms with E-state index in [1.807, 2.05) is 42.6 Å². The Bertz CT molecular complexity index is 567. The number of hydrogen-bond donors (Lipinski definition) is 2. The zero-order chi connectivity index (χ0) is 14.4. The van der Waals surface area contributed by atoms with Crippen LogP contribution in [0, 0.1) is 0 Å². The molecule has 0 bridgehead atoms. The number of carbonyl (C=O) groups excluding carboxylic acids is 2. The molecule has 0 aliphatic carbocycles. The van der Waals surface area contributed by atoms with E-state index in [4.69, 9.17) is 0 Å². The van der Waals surface area contributed by atoms with Gasteiger partial charge in [0.25, 0.3) is 5.91 Å². The molecule has 0 spiro atoms. The minimum atomic E-state index is -0.220. The molecular formula is C15H16N2O2S. The van der Waals surface area contributed by atoms with E-state index in [1.165, 1.54) is 11.3 Å². The summed E-state index contributed by atoms with van der Waals surface area (Å²) in [6.45, 7) is 1.89. The Morgan fingerprint density at radius 3 is 2.55 bits per heavy atom. The van der Waals surface area contributed by atoms with Crippen molar-refractivity contribution in [3.05, 3.63) is 58.3 Å². The number of rotatable bonds is 5. The van der Waals surface area contributed by atoms with Crippen molar-refractivity contribution in [3.63, 3.8) is 0 Å². The molecule has 2 aromatic rings. The third-order valence-corrected chi connectivity index (χ3v) is 3.70. The number of benzene rings is 1. The van der Waals surface area contributed by atoms with Gasteiger partial charge in [-0.25, -0.2) is 0 Å². The van der Waals surface area contributed by atoms with Crippen molar-refractivity contribution in [2.24, 2.45) is 0 Å². The van der Waals surface area contributed by atoms with Gasteiger partial charge in [0.1, 0.15) is 0 Å². The largest absolute Gasteiger partial charge is 0.348 e. The molecule has 1 atom stereocenters. The third kappa shape index (κ3) is 3.93. The van der Waals surface area contributed by atoms with Gasteiger partial charge in [0.05, 0.1) is 17.5 Å². The fourth-order valence-corrected chi connectivity index (χ4v) is 2.41. The fourth-order valence-electron chi connectivity index (χ4n) is 1.77. The Morgan fingerprint density at radius 2 is 1.90 bits per heavy atom.